The van der Waals surface area contributed by atoms with E-state index in [1.807, 2.05) is 0 Å². The van der Waals surface area contributed by atoms with Crippen molar-refractivity contribution < 1.29 is 24.2 Å². The van der Waals surface area contributed by atoms with Crippen LogP contribution in [0.2, 0.25) is 0 Å². The van der Waals surface area contributed by atoms with Crippen LogP contribution in [-0.4, -0.2) is 36.4 Å². The van der Waals surface area contributed by atoms with Crippen molar-refractivity contribution in [2.24, 2.45) is 0 Å². The molecule has 0 aromatic heterocycles. The van der Waals surface area contributed by atoms with Gasteiger partial charge in [-0.15, -0.1) is 0 Å². The highest BCUT2D eigenvalue weighted by atomic mass is 16.6. The number of unbranched alkanes of at least 4 members (excludes halogenated alkanes) is 28. The second kappa shape index (κ2) is 36.4. The van der Waals surface area contributed by atoms with Crippen LogP contribution in [0, 0.1) is 0 Å². The SMILES string of the molecule is CCCCCCCCCCCCCCCCCCCCC(=O)OC[C@@H](O)COC(=O)CCCCCCCCCCCCCC. The lowest BCUT2D eigenvalue weighted by Gasteiger charge is -2.12. The van der Waals surface area contributed by atoms with E-state index in [2.05, 4.69) is 13.8 Å². The Labute approximate surface area is 274 Å². The Morgan fingerprint density at radius 3 is 0.818 bits per heavy atom. The zero-order chi connectivity index (χ0) is 32.2. The van der Waals surface area contributed by atoms with E-state index in [1.165, 1.54) is 167 Å². The first kappa shape index (κ1) is 42.9. The third-order valence-electron chi connectivity index (χ3n) is 8.84. The molecule has 0 aromatic carbocycles. The standard InChI is InChI=1S/C39H76O5/c1-3-5-7-9-11-13-15-17-18-19-20-21-22-24-26-28-30-32-34-39(42)44-36-37(40)35-43-38(41)33-31-29-27-25-23-16-14-12-10-8-6-4-2/h37,40H,3-36H2,1-2H3/t37-/m0/s1. The first-order valence-corrected chi connectivity index (χ1v) is 19.6. The van der Waals surface area contributed by atoms with Crippen molar-refractivity contribution in [3.8, 4) is 0 Å². The van der Waals surface area contributed by atoms with Crippen LogP contribution >= 0.6 is 0 Å². The third-order valence-corrected chi connectivity index (χ3v) is 8.84. The largest absolute Gasteiger partial charge is 0.463 e. The zero-order valence-corrected chi connectivity index (χ0v) is 29.7. The minimum absolute atomic E-state index is 0.107. The fourth-order valence-electron chi connectivity index (χ4n) is 5.85. The van der Waals surface area contributed by atoms with E-state index < -0.39 is 6.10 Å². The average molecular weight is 625 g/mol. The number of ether oxygens (including phenoxy) is 2. The molecule has 0 spiro atoms. The monoisotopic (exact) mass is 625 g/mol. The van der Waals surface area contributed by atoms with Crippen LogP contribution in [0.1, 0.15) is 219 Å². The van der Waals surface area contributed by atoms with Crippen LogP contribution in [0.3, 0.4) is 0 Å². The minimum Gasteiger partial charge on any atom is -0.463 e. The van der Waals surface area contributed by atoms with E-state index in [4.69, 9.17) is 9.47 Å². The molecule has 5 nitrogen and oxygen atoms in total. The van der Waals surface area contributed by atoms with Gasteiger partial charge >= 0.3 is 11.9 Å². The topological polar surface area (TPSA) is 72.8 Å². The van der Waals surface area contributed by atoms with Crippen molar-refractivity contribution in [1.82, 2.24) is 0 Å². The molecular weight excluding hydrogens is 548 g/mol. The Kier molecular flexibility index (Phi) is 35.5. The first-order chi connectivity index (χ1) is 21.6. The predicted molar refractivity (Wildman–Crippen MR) is 187 cm³/mol. The summed E-state index contributed by atoms with van der Waals surface area (Å²) >= 11 is 0. The molecule has 1 atom stereocenters. The lowest BCUT2D eigenvalue weighted by Crippen LogP contribution is -2.25. The summed E-state index contributed by atoms with van der Waals surface area (Å²) in [6.07, 6.45) is 38.7. The molecule has 5 heteroatoms. The summed E-state index contributed by atoms with van der Waals surface area (Å²) in [6.45, 7) is 4.32. The quantitative estimate of drug-likeness (QED) is 0.0554. The van der Waals surface area contributed by atoms with Crippen molar-refractivity contribution in [3.63, 3.8) is 0 Å². The van der Waals surface area contributed by atoms with Crippen LogP contribution in [0.15, 0.2) is 0 Å². The lowest BCUT2D eigenvalue weighted by molar-refractivity contribution is -0.152. The number of aliphatic hydroxyl groups is 1. The maximum atomic E-state index is 12.0. The van der Waals surface area contributed by atoms with E-state index in [1.54, 1.807) is 0 Å². The van der Waals surface area contributed by atoms with Crippen molar-refractivity contribution >= 4 is 11.9 Å². The predicted octanol–water partition coefficient (Wildman–Crippen LogP) is 12.0. The molecule has 262 valence electrons. The molecule has 0 radical (unpaired) electrons. The van der Waals surface area contributed by atoms with E-state index in [9.17, 15) is 14.7 Å². The summed E-state index contributed by atoms with van der Waals surface area (Å²) in [5, 5.41) is 9.99. The molecule has 0 fully saturated rings. The van der Waals surface area contributed by atoms with Gasteiger partial charge in [-0.05, 0) is 12.8 Å². The van der Waals surface area contributed by atoms with Crippen LogP contribution in [0.5, 0.6) is 0 Å². The van der Waals surface area contributed by atoms with E-state index >= 15 is 0 Å². The molecule has 0 aliphatic heterocycles. The molecule has 0 bridgehead atoms. The average Bonchev–Trinajstić information content (AvgIpc) is 3.02. The number of esters is 2. The number of rotatable bonds is 36. The number of aliphatic hydroxyl groups excluding tert-OH is 1. The van der Waals surface area contributed by atoms with Gasteiger partial charge in [0.25, 0.3) is 0 Å². The third kappa shape index (κ3) is 35.4. The first-order valence-electron chi connectivity index (χ1n) is 19.6. The second-order valence-corrected chi connectivity index (χ2v) is 13.4. The molecule has 0 aliphatic carbocycles. The van der Waals surface area contributed by atoms with Crippen molar-refractivity contribution in [3.05, 3.63) is 0 Å². The smallest absolute Gasteiger partial charge is 0.305 e. The molecule has 0 saturated heterocycles. The summed E-state index contributed by atoms with van der Waals surface area (Å²) in [7, 11) is 0. The Morgan fingerprint density at radius 1 is 0.386 bits per heavy atom. The molecule has 0 aliphatic rings. The van der Waals surface area contributed by atoms with Gasteiger partial charge in [-0.3, -0.25) is 9.59 Å². The fraction of sp³-hybridized carbons (Fsp3) is 0.949. The maximum Gasteiger partial charge on any atom is 0.305 e. The Hall–Kier alpha value is -1.10. The number of carbonyl (C=O) groups is 2. The molecular formula is C39H76O5. The normalized spacial score (nSPS) is 12.0. The second-order valence-electron chi connectivity index (χ2n) is 13.4. The van der Waals surface area contributed by atoms with Crippen LogP contribution in [-0.2, 0) is 19.1 Å². The molecule has 0 rings (SSSR count). The summed E-state index contributed by atoms with van der Waals surface area (Å²) in [5.74, 6) is -0.551. The number of hydrogen-bond acceptors (Lipinski definition) is 5. The number of carbonyl (C=O) groups excluding carboxylic acids is 2. The molecule has 44 heavy (non-hydrogen) atoms. The molecule has 1 N–H and O–H groups in total. The fourth-order valence-corrected chi connectivity index (χ4v) is 5.85. The minimum atomic E-state index is -0.954. The maximum absolute atomic E-state index is 12.0. The van der Waals surface area contributed by atoms with Gasteiger partial charge in [-0.2, -0.15) is 0 Å². The summed E-state index contributed by atoms with van der Waals surface area (Å²) in [5.41, 5.74) is 0. The Bertz CT molecular complexity index is 593. The van der Waals surface area contributed by atoms with Crippen LogP contribution in [0.4, 0.5) is 0 Å². The van der Waals surface area contributed by atoms with Crippen molar-refractivity contribution in [1.29, 1.82) is 0 Å². The molecule has 0 saturated carbocycles. The van der Waals surface area contributed by atoms with Gasteiger partial charge in [0.15, 0.2) is 0 Å². The van der Waals surface area contributed by atoms with E-state index in [-0.39, 0.29) is 25.2 Å². The highest BCUT2D eigenvalue weighted by molar-refractivity contribution is 5.69. The van der Waals surface area contributed by atoms with E-state index in [0.717, 1.165) is 25.7 Å². The van der Waals surface area contributed by atoms with E-state index in [0.29, 0.717) is 12.8 Å². The van der Waals surface area contributed by atoms with Gasteiger partial charge in [0.1, 0.15) is 19.3 Å². The summed E-state index contributed by atoms with van der Waals surface area (Å²) in [6, 6.07) is 0. The Morgan fingerprint density at radius 2 is 0.591 bits per heavy atom. The van der Waals surface area contributed by atoms with Gasteiger partial charge < -0.3 is 14.6 Å². The highest BCUT2D eigenvalue weighted by Gasteiger charge is 2.12. The zero-order valence-electron chi connectivity index (χ0n) is 29.7. The Balaban J connectivity index is 3.36. The molecule has 0 amide bonds. The van der Waals surface area contributed by atoms with Crippen LogP contribution in [0.25, 0.3) is 0 Å². The van der Waals surface area contributed by atoms with Crippen molar-refractivity contribution in [2.75, 3.05) is 13.2 Å². The lowest BCUT2D eigenvalue weighted by atomic mass is 10.0. The summed E-state index contributed by atoms with van der Waals surface area (Å²) < 4.78 is 10.3. The molecule has 0 unspecified atom stereocenters. The van der Waals surface area contributed by atoms with Gasteiger partial charge in [-0.25, -0.2) is 0 Å². The number of hydrogen-bond donors (Lipinski definition) is 1. The van der Waals surface area contributed by atoms with Crippen molar-refractivity contribution in [2.45, 2.75) is 225 Å². The van der Waals surface area contributed by atoms with Gasteiger partial charge in [0.05, 0.1) is 0 Å². The highest BCUT2D eigenvalue weighted by Crippen LogP contribution is 2.15. The summed E-state index contributed by atoms with van der Waals surface area (Å²) in [4.78, 5) is 23.9. The van der Waals surface area contributed by atoms with Gasteiger partial charge in [0, 0.05) is 12.8 Å². The van der Waals surface area contributed by atoms with Gasteiger partial charge in [0.2, 0.25) is 0 Å². The molecule has 0 aromatic rings. The van der Waals surface area contributed by atoms with Crippen LogP contribution < -0.4 is 0 Å². The molecule has 0 heterocycles. The van der Waals surface area contributed by atoms with Gasteiger partial charge in [-0.1, -0.05) is 194 Å².